The molecule has 0 saturated carbocycles. The summed E-state index contributed by atoms with van der Waals surface area (Å²) in [6, 6.07) is 12.4. The molecule has 3 rings (SSSR count). The van der Waals surface area contributed by atoms with Crippen LogP contribution in [0.15, 0.2) is 42.5 Å². The predicted octanol–water partition coefficient (Wildman–Crippen LogP) is 1.18. The van der Waals surface area contributed by atoms with Crippen LogP contribution in [-0.2, 0) is 16.9 Å². The van der Waals surface area contributed by atoms with Crippen LogP contribution in [0.1, 0.15) is 27.0 Å². The fourth-order valence-corrected chi connectivity index (χ4v) is 3.11. The molecule has 0 saturated heterocycles. The van der Waals surface area contributed by atoms with Gasteiger partial charge >= 0.3 is 5.97 Å². The Balaban J connectivity index is 2.14. The van der Waals surface area contributed by atoms with Crippen LogP contribution in [0, 0.1) is 0 Å². The lowest BCUT2D eigenvalue weighted by molar-refractivity contribution is 0.0598. The molecule has 25 heavy (non-hydrogen) atoms. The average Bonchev–Trinajstić information content (AvgIpc) is 2.77. The summed E-state index contributed by atoms with van der Waals surface area (Å²) in [5, 5.41) is 23.7. The number of hydrogen-bond donors (Lipinski definition) is 3. The normalized spacial score (nSPS) is 18.5. The molecular formula is C19H21NO5. The van der Waals surface area contributed by atoms with Gasteiger partial charge in [-0.3, -0.25) is 0 Å². The first-order valence-electron chi connectivity index (χ1n) is 8.08. The van der Waals surface area contributed by atoms with Gasteiger partial charge in [0, 0.05) is 18.7 Å². The fraction of sp³-hybridized carbons (Fsp3) is 0.316. The molecule has 0 spiro atoms. The van der Waals surface area contributed by atoms with E-state index in [2.05, 4.69) is 5.32 Å². The summed E-state index contributed by atoms with van der Waals surface area (Å²) in [6.07, 6.45) is 0. The van der Waals surface area contributed by atoms with Crippen LogP contribution in [0.3, 0.4) is 0 Å². The van der Waals surface area contributed by atoms with Crippen LogP contribution in [0.2, 0.25) is 0 Å². The van der Waals surface area contributed by atoms with Gasteiger partial charge in [-0.15, -0.1) is 0 Å². The molecule has 0 radical (unpaired) electrons. The quantitative estimate of drug-likeness (QED) is 0.558. The van der Waals surface area contributed by atoms with E-state index in [0.717, 1.165) is 5.56 Å². The minimum absolute atomic E-state index is 0.0384. The third-order valence-electron chi connectivity index (χ3n) is 4.36. The van der Waals surface area contributed by atoms with Crippen molar-refractivity contribution in [1.82, 2.24) is 5.32 Å². The summed E-state index contributed by atoms with van der Waals surface area (Å²) >= 11 is 0. The molecular weight excluding hydrogens is 322 g/mol. The topological polar surface area (TPSA) is 88.0 Å². The number of aliphatic hydroxyl groups excluding tert-OH is 1. The van der Waals surface area contributed by atoms with Crippen molar-refractivity contribution in [2.24, 2.45) is 0 Å². The van der Waals surface area contributed by atoms with Gasteiger partial charge in [-0.25, -0.2) is 4.79 Å². The lowest BCUT2D eigenvalue weighted by atomic mass is 9.83. The van der Waals surface area contributed by atoms with Gasteiger partial charge in [0.15, 0.2) is 0 Å². The molecule has 1 aliphatic heterocycles. The van der Waals surface area contributed by atoms with Crippen LogP contribution < -0.4 is 10.1 Å². The number of ether oxygens (including phenoxy) is 2. The molecule has 1 aliphatic rings. The highest BCUT2D eigenvalue weighted by Crippen LogP contribution is 2.40. The van der Waals surface area contributed by atoms with Crippen LogP contribution in [-0.4, -0.2) is 43.0 Å². The molecule has 0 bridgehead atoms. The zero-order valence-electron chi connectivity index (χ0n) is 14.0. The molecule has 1 atom stereocenters. The van der Waals surface area contributed by atoms with Crippen molar-refractivity contribution in [3.63, 3.8) is 0 Å². The number of hydrogen-bond acceptors (Lipinski definition) is 6. The van der Waals surface area contributed by atoms with Gasteiger partial charge < -0.3 is 25.0 Å². The largest absolute Gasteiger partial charge is 0.488 e. The van der Waals surface area contributed by atoms with E-state index in [0.29, 0.717) is 29.0 Å². The number of aliphatic hydroxyl groups is 2. The number of fused-ring (bicyclic) bond motifs is 2. The lowest BCUT2D eigenvalue weighted by Crippen LogP contribution is -2.40. The Morgan fingerprint density at radius 1 is 1.28 bits per heavy atom. The summed E-state index contributed by atoms with van der Waals surface area (Å²) in [5.74, 6) is 0.124. The highest BCUT2D eigenvalue weighted by atomic mass is 16.5. The molecule has 2 aromatic carbocycles. The maximum Gasteiger partial charge on any atom is 0.337 e. The minimum atomic E-state index is -1.40. The number of rotatable bonds is 5. The molecule has 1 unspecified atom stereocenters. The first-order chi connectivity index (χ1) is 12.1. The van der Waals surface area contributed by atoms with Gasteiger partial charge in [0.2, 0.25) is 0 Å². The number of para-hydroxylation sites is 1. The Bertz CT molecular complexity index is 776. The maximum absolute atomic E-state index is 11.9. The minimum Gasteiger partial charge on any atom is -0.488 e. The molecule has 1 heterocycles. The Hall–Kier alpha value is -2.41. The highest BCUT2D eigenvalue weighted by Gasteiger charge is 2.38. The van der Waals surface area contributed by atoms with E-state index >= 15 is 0 Å². The fourth-order valence-electron chi connectivity index (χ4n) is 3.11. The van der Waals surface area contributed by atoms with Gasteiger partial charge in [0.25, 0.3) is 0 Å². The summed E-state index contributed by atoms with van der Waals surface area (Å²) in [5.41, 5.74) is 0.951. The number of esters is 1. The van der Waals surface area contributed by atoms with Crippen molar-refractivity contribution < 1.29 is 24.5 Å². The van der Waals surface area contributed by atoms with E-state index in [4.69, 9.17) is 14.6 Å². The smallest absolute Gasteiger partial charge is 0.337 e. The lowest BCUT2D eigenvalue weighted by Gasteiger charge is -2.30. The average molecular weight is 343 g/mol. The third kappa shape index (κ3) is 3.24. The molecule has 0 aromatic heterocycles. The van der Waals surface area contributed by atoms with Crippen LogP contribution in [0.4, 0.5) is 0 Å². The highest BCUT2D eigenvalue weighted by molar-refractivity contribution is 5.89. The SMILES string of the molecule is COC(=O)c1ccc2c(c1)C(O)(CNCCO)c1ccccc1OC2. The van der Waals surface area contributed by atoms with Crippen LogP contribution >= 0.6 is 0 Å². The van der Waals surface area contributed by atoms with E-state index in [1.165, 1.54) is 7.11 Å². The monoisotopic (exact) mass is 343 g/mol. The molecule has 0 fully saturated rings. The molecule has 2 aromatic rings. The van der Waals surface area contributed by atoms with E-state index < -0.39 is 11.6 Å². The van der Waals surface area contributed by atoms with Crippen molar-refractivity contribution in [2.75, 3.05) is 26.8 Å². The van der Waals surface area contributed by atoms with E-state index in [1.807, 2.05) is 12.1 Å². The first-order valence-corrected chi connectivity index (χ1v) is 8.08. The van der Waals surface area contributed by atoms with Crippen molar-refractivity contribution in [2.45, 2.75) is 12.2 Å². The maximum atomic E-state index is 11.9. The number of benzene rings is 2. The van der Waals surface area contributed by atoms with E-state index in [-0.39, 0.29) is 19.8 Å². The van der Waals surface area contributed by atoms with Crippen LogP contribution in [0.5, 0.6) is 5.75 Å². The second-order valence-corrected chi connectivity index (χ2v) is 5.91. The van der Waals surface area contributed by atoms with Crippen molar-refractivity contribution >= 4 is 5.97 Å². The summed E-state index contributed by atoms with van der Waals surface area (Å²) in [4.78, 5) is 11.9. The summed E-state index contributed by atoms with van der Waals surface area (Å²) in [7, 11) is 1.32. The van der Waals surface area contributed by atoms with E-state index in [1.54, 1.807) is 30.3 Å². The number of nitrogens with one attached hydrogen (secondary N) is 1. The Morgan fingerprint density at radius 3 is 2.84 bits per heavy atom. The Kier molecular flexibility index (Phi) is 5.03. The molecule has 132 valence electrons. The standard InChI is InChI=1S/C19H21NO5/c1-24-18(22)13-6-7-14-11-25-17-5-3-2-4-15(17)19(23,16(14)10-13)12-20-8-9-21/h2-7,10,20-21,23H,8-9,11-12H2,1H3. The molecule has 0 aliphatic carbocycles. The summed E-state index contributed by atoms with van der Waals surface area (Å²) in [6.45, 7) is 0.766. The molecule has 0 amide bonds. The first kappa shape index (κ1) is 17.4. The Labute approximate surface area is 146 Å². The molecule has 3 N–H and O–H groups in total. The number of methoxy groups -OCH3 is 1. The zero-order chi connectivity index (χ0) is 17.9. The predicted molar refractivity (Wildman–Crippen MR) is 91.5 cm³/mol. The number of carbonyl (C=O) groups is 1. The number of carbonyl (C=O) groups excluding carboxylic acids is 1. The van der Waals surface area contributed by atoms with Crippen molar-refractivity contribution in [1.29, 1.82) is 0 Å². The van der Waals surface area contributed by atoms with E-state index in [9.17, 15) is 9.90 Å². The van der Waals surface area contributed by atoms with Gasteiger partial charge in [-0.1, -0.05) is 24.3 Å². The van der Waals surface area contributed by atoms with Crippen LogP contribution in [0.25, 0.3) is 0 Å². The van der Waals surface area contributed by atoms with Gasteiger partial charge in [-0.05, 0) is 29.3 Å². The van der Waals surface area contributed by atoms with Gasteiger partial charge in [0.05, 0.1) is 19.3 Å². The van der Waals surface area contributed by atoms with Crippen molar-refractivity contribution in [3.05, 3.63) is 64.7 Å². The third-order valence-corrected chi connectivity index (χ3v) is 4.36. The molecule has 6 nitrogen and oxygen atoms in total. The Morgan fingerprint density at radius 2 is 2.08 bits per heavy atom. The molecule has 6 heteroatoms. The van der Waals surface area contributed by atoms with Crippen molar-refractivity contribution in [3.8, 4) is 5.75 Å². The van der Waals surface area contributed by atoms with Gasteiger partial charge in [0.1, 0.15) is 18.0 Å². The van der Waals surface area contributed by atoms with Gasteiger partial charge in [-0.2, -0.15) is 0 Å². The second kappa shape index (κ2) is 7.23. The zero-order valence-corrected chi connectivity index (χ0v) is 14.0. The second-order valence-electron chi connectivity index (χ2n) is 5.91. The summed E-state index contributed by atoms with van der Waals surface area (Å²) < 4.78 is 10.6.